The highest BCUT2D eigenvalue weighted by atomic mass is 16.6. The maximum Gasteiger partial charge on any atom is 0.306 e. The Kier molecular flexibility index (Phi) is 66.3. The Morgan fingerprint density at radius 3 is 0.759 bits per heavy atom. The molecule has 0 bridgehead atoms. The Bertz CT molecular complexity index is 1750. The largest absolute Gasteiger partial charge is 0.462 e. The average molecular weight is 1150 g/mol. The molecule has 0 aliphatic carbocycles. The second-order valence-electron chi connectivity index (χ2n) is 22.7. The van der Waals surface area contributed by atoms with Gasteiger partial charge in [-0.1, -0.05) is 296 Å². The number of carbonyl (C=O) groups excluding carboxylic acids is 3. The Hall–Kier alpha value is -4.45. The van der Waals surface area contributed by atoms with Crippen molar-refractivity contribution in [2.45, 2.75) is 322 Å². The molecule has 0 N–H and O–H groups in total. The van der Waals surface area contributed by atoms with Gasteiger partial charge in [-0.05, 0) is 135 Å². The topological polar surface area (TPSA) is 78.9 Å². The lowest BCUT2D eigenvalue weighted by Crippen LogP contribution is -2.30. The van der Waals surface area contributed by atoms with Crippen molar-refractivity contribution < 1.29 is 28.6 Å². The van der Waals surface area contributed by atoms with Crippen LogP contribution in [-0.4, -0.2) is 37.2 Å². The molecule has 1 atom stereocenters. The maximum absolute atomic E-state index is 12.9. The number of rotatable bonds is 62. The smallest absolute Gasteiger partial charge is 0.306 e. The van der Waals surface area contributed by atoms with E-state index < -0.39 is 6.10 Å². The summed E-state index contributed by atoms with van der Waals surface area (Å²) in [5.74, 6) is -0.951. The zero-order chi connectivity index (χ0) is 59.9. The van der Waals surface area contributed by atoms with Crippen LogP contribution in [0, 0.1) is 0 Å². The first-order valence-corrected chi connectivity index (χ1v) is 34.7. The maximum atomic E-state index is 12.9. The normalized spacial score (nSPS) is 13.0. The van der Waals surface area contributed by atoms with Crippen LogP contribution < -0.4 is 0 Å². The molecule has 0 rings (SSSR count). The van der Waals surface area contributed by atoms with E-state index >= 15 is 0 Å². The van der Waals surface area contributed by atoms with Crippen molar-refractivity contribution in [3.63, 3.8) is 0 Å². The van der Waals surface area contributed by atoms with E-state index in [1.165, 1.54) is 141 Å². The highest BCUT2D eigenvalue weighted by molar-refractivity contribution is 5.71. The summed E-state index contributed by atoms with van der Waals surface area (Å²) in [5, 5.41) is 0. The fourth-order valence-corrected chi connectivity index (χ4v) is 9.49. The van der Waals surface area contributed by atoms with Crippen LogP contribution in [0.2, 0.25) is 0 Å². The van der Waals surface area contributed by atoms with Crippen molar-refractivity contribution in [1.82, 2.24) is 0 Å². The highest BCUT2D eigenvalue weighted by Crippen LogP contribution is 2.16. The van der Waals surface area contributed by atoms with Crippen molar-refractivity contribution in [3.05, 3.63) is 134 Å². The van der Waals surface area contributed by atoms with Gasteiger partial charge in [-0.15, -0.1) is 0 Å². The molecule has 0 aromatic rings. The lowest BCUT2D eigenvalue weighted by Gasteiger charge is -2.18. The van der Waals surface area contributed by atoms with Gasteiger partial charge in [0.05, 0.1) is 0 Å². The number of unbranched alkanes of at least 4 members (excludes halogenated alkanes) is 29. The number of hydrogen-bond donors (Lipinski definition) is 0. The van der Waals surface area contributed by atoms with Crippen LogP contribution in [0.15, 0.2) is 134 Å². The Morgan fingerprint density at radius 1 is 0.253 bits per heavy atom. The number of esters is 3. The molecule has 0 saturated carbocycles. The second kappa shape index (κ2) is 70.0. The SMILES string of the molecule is CC/C=C\C/C=C\C/C=C\C/C=C\CCCCCCCCC(=O)OC(COC(=O)CCCC/C=C\C/C=C\C/C=C\C/C=C\CC)COC(=O)CCCCCCCCCCCCCCCCCC/C=C\C/C=C\C/C=C\CCCCCCC. The van der Waals surface area contributed by atoms with E-state index in [1.807, 2.05) is 0 Å². The minimum atomic E-state index is -0.809. The standard InChI is InChI=1S/C77H128O6/c1-4-7-10-13-16-19-22-25-28-30-32-33-34-35-36-37-38-39-40-41-42-43-45-46-49-52-55-58-61-64-67-70-76(79)82-73-74(72-81-75(78)69-66-63-60-57-54-51-48-27-24-21-18-15-12-9-6-3)83-77(80)71-68-65-62-59-56-53-50-47-44-31-29-26-23-20-17-14-11-8-5-2/h8-9,11-12,17-18,20-22,25-27,29-30,32,34-35,44,47-48,54,57,74H,4-7,10,13-16,19,23-24,28,31,33,36-43,45-46,49-53,55-56,58-73H2,1-3H3/b11-8-,12-9-,20-17-,21-18-,25-22-,29-26-,32-30-,35-34-,47-44-,48-27-,57-54-. The molecule has 0 amide bonds. The summed E-state index contributed by atoms with van der Waals surface area (Å²) in [6.45, 7) is 6.37. The van der Waals surface area contributed by atoms with E-state index in [9.17, 15) is 14.4 Å². The molecule has 0 saturated heterocycles. The molecule has 83 heavy (non-hydrogen) atoms. The van der Waals surface area contributed by atoms with Crippen molar-refractivity contribution in [2.75, 3.05) is 13.2 Å². The summed E-state index contributed by atoms with van der Waals surface area (Å²) in [6.07, 6.45) is 99.1. The predicted octanol–water partition coefficient (Wildman–Crippen LogP) is 24.1. The molecule has 0 radical (unpaired) electrons. The van der Waals surface area contributed by atoms with Crippen molar-refractivity contribution in [3.8, 4) is 0 Å². The summed E-state index contributed by atoms with van der Waals surface area (Å²) in [4.78, 5) is 38.4. The zero-order valence-corrected chi connectivity index (χ0v) is 54.2. The first-order valence-electron chi connectivity index (χ1n) is 34.7. The quantitative estimate of drug-likeness (QED) is 0.0261. The average Bonchev–Trinajstić information content (AvgIpc) is 3.49. The molecule has 6 heteroatoms. The molecule has 472 valence electrons. The molecule has 0 heterocycles. The van der Waals surface area contributed by atoms with Crippen LogP contribution in [-0.2, 0) is 28.6 Å². The number of allylic oxidation sites excluding steroid dienone is 22. The molecule has 1 unspecified atom stereocenters. The third kappa shape index (κ3) is 68.2. The Morgan fingerprint density at radius 2 is 0.470 bits per heavy atom. The molecular weight excluding hydrogens is 1020 g/mol. The van der Waals surface area contributed by atoms with Crippen molar-refractivity contribution in [2.24, 2.45) is 0 Å². The third-order valence-electron chi connectivity index (χ3n) is 14.6. The molecule has 0 aromatic heterocycles. The number of hydrogen-bond acceptors (Lipinski definition) is 6. The third-order valence-corrected chi connectivity index (χ3v) is 14.6. The van der Waals surface area contributed by atoms with Gasteiger partial charge in [0.15, 0.2) is 6.10 Å². The summed E-state index contributed by atoms with van der Waals surface area (Å²) >= 11 is 0. The van der Waals surface area contributed by atoms with Crippen LogP contribution in [0.5, 0.6) is 0 Å². The van der Waals surface area contributed by atoms with Crippen LogP contribution in [0.3, 0.4) is 0 Å². The van der Waals surface area contributed by atoms with Gasteiger partial charge in [0, 0.05) is 19.3 Å². The minimum absolute atomic E-state index is 0.0994. The lowest BCUT2D eigenvalue weighted by atomic mass is 10.0. The summed E-state index contributed by atoms with van der Waals surface area (Å²) in [5.41, 5.74) is 0. The summed E-state index contributed by atoms with van der Waals surface area (Å²) in [6, 6.07) is 0. The molecule has 0 aromatic carbocycles. The van der Waals surface area contributed by atoms with E-state index in [1.54, 1.807) is 0 Å². The number of carbonyl (C=O) groups is 3. The van der Waals surface area contributed by atoms with Gasteiger partial charge in [0.1, 0.15) is 13.2 Å². The Labute approximate surface area is 513 Å². The van der Waals surface area contributed by atoms with E-state index in [4.69, 9.17) is 14.2 Å². The first-order chi connectivity index (χ1) is 41.0. The second-order valence-corrected chi connectivity index (χ2v) is 22.7. The highest BCUT2D eigenvalue weighted by Gasteiger charge is 2.19. The van der Waals surface area contributed by atoms with Gasteiger partial charge in [-0.3, -0.25) is 14.4 Å². The van der Waals surface area contributed by atoms with E-state index in [0.29, 0.717) is 19.3 Å². The van der Waals surface area contributed by atoms with Gasteiger partial charge in [0.25, 0.3) is 0 Å². The van der Waals surface area contributed by atoms with Crippen LogP contribution in [0.4, 0.5) is 0 Å². The number of ether oxygens (including phenoxy) is 3. The van der Waals surface area contributed by atoms with Gasteiger partial charge in [0.2, 0.25) is 0 Å². The van der Waals surface area contributed by atoms with Crippen LogP contribution >= 0.6 is 0 Å². The van der Waals surface area contributed by atoms with Gasteiger partial charge >= 0.3 is 17.9 Å². The van der Waals surface area contributed by atoms with Gasteiger partial charge < -0.3 is 14.2 Å². The first kappa shape index (κ1) is 78.5. The van der Waals surface area contributed by atoms with Crippen LogP contribution in [0.25, 0.3) is 0 Å². The fourth-order valence-electron chi connectivity index (χ4n) is 9.49. The van der Waals surface area contributed by atoms with E-state index in [2.05, 4.69) is 154 Å². The molecule has 0 aliphatic heterocycles. The monoisotopic (exact) mass is 1150 g/mol. The van der Waals surface area contributed by atoms with E-state index in [-0.39, 0.29) is 31.1 Å². The van der Waals surface area contributed by atoms with Gasteiger partial charge in [-0.2, -0.15) is 0 Å². The molecule has 6 nitrogen and oxygen atoms in total. The van der Waals surface area contributed by atoms with Gasteiger partial charge in [-0.25, -0.2) is 0 Å². The molecule has 0 spiro atoms. The van der Waals surface area contributed by atoms with E-state index in [0.717, 1.165) is 135 Å². The molecule has 0 fully saturated rings. The lowest BCUT2D eigenvalue weighted by molar-refractivity contribution is -0.167. The minimum Gasteiger partial charge on any atom is -0.462 e. The van der Waals surface area contributed by atoms with Crippen LogP contribution in [0.1, 0.15) is 316 Å². The Balaban J connectivity index is 4.31. The van der Waals surface area contributed by atoms with Crippen molar-refractivity contribution >= 4 is 17.9 Å². The molecule has 0 aliphatic rings. The fraction of sp³-hybridized carbons (Fsp3) is 0.675. The summed E-state index contributed by atoms with van der Waals surface area (Å²) in [7, 11) is 0. The van der Waals surface area contributed by atoms with Crippen molar-refractivity contribution in [1.29, 1.82) is 0 Å². The predicted molar refractivity (Wildman–Crippen MR) is 362 cm³/mol. The summed E-state index contributed by atoms with van der Waals surface area (Å²) < 4.78 is 16.9. The zero-order valence-electron chi connectivity index (χ0n) is 54.2. The molecular formula is C77H128O6.